The molecule has 1 aliphatic rings. The summed E-state index contributed by atoms with van der Waals surface area (Å²) < 4.78 is 5.13. The minimum absolute atomic E-state index is 0.238. The van der Waals surface area contributed by atoms with Gasteiger partial charge in [0.25, 0.3) is 0 Å². The lowest BCUT2D eigenvalue weighted by Gasteiger charge is -2.35. The Morgan fingerprint density at radius 1 is 1.35 bits per heavy atom. The molecule has 1 heterocycles. The van der Waals surface area contributed by atoms with E-state index in [0.29, 0.717) is 11.8 Å². The zero-order valence-corrected chi connectivity index (χ0v) is 12.6. The largest absolute Gasteiger partial charge is 0.504 e. The molecule has 0 saturated carbocycles. The third-order valence-corrected chi connectivity index (χ3v) is 4.01. The molecule has 0 amide bonds. The molecule has 0 radical (unpaired) electrons. The van der Waals surface area contributed by atoms with Crippen LogP contribution in [-0.4, -0.2) is 43.3 Å². The lowest BCUT2D eigenvalue weighted by molar-refractivity contribution is 0.163. The Bertz CT molecular complexity index is 417. The SMILES string of the molecule is CCCC[C@H](c1ccc(OC)c(O)c1)N1CCNCC1. The summed E-state index contributed by atoms with van der Waals surface area (Å²) in [6.07, 6.45) is 3.55. The molecule has 20 heavy (non-hydrogen) atoms. The van der Waals surface area contributed by atoms with Crippen LogP contribution in [0.2, 0.25) is 0 Å². The van der Waals surface area contributed by atoms with Crippen LogP contribution in [0.1, 0.15) is 37.8 Å². The molecule has 1 aliphatic heterocycles. The number of hydrogen-bond donors (Lipinski definition) is 2. The fourth-order valence-corrected chi connectivity index (χ4v) is 2.87. The predicted molar refractivity (Wildman–Crippen MR) is 81.4 cm³/mol. The molecule has 2 rings (SSSR count). The highest BCUT2D eigenvalue weighted by Gasteiger charge is 2.22. The van der Waals surface area contributed by atoms with E-state index in [2.05, 4.69) is 23.2 Å². The quantitative estimate of drug-likeness (QED) is 0.839. The van der Waals surface area contributed by atoms with Crippen LogP contribution >= 0.6 is 0 Å². The van der Waals surface area contributed by atoms with Crippen molar-refractivity contribution in [2.24, 2.45) is 0 Å². The number of phenolic OH excluding ortho intramolecular Hbond substituents is 1. The van der Waals surface area contributed by atoms with Crippen LogP contribution in [0.3, 0.4) is 0 Å². The van der Waals surface area contributed by atoms with E-state index in [1.807, 2.05) is 12.1 Å². The van der Waals surface area contributed by atoms with Gasteiger partial charge in [-0.05, 0) is 24.1 Å². The summed E-state index contributed by atoms with van der Waals surface area (Å²) in [6.45, 7) is 6.46. The van der Waals surface area contributed by atoms with Gasteiger partial charge in [-0.15, -0.1) is 0 Å². The lowest BCUT2D eigenvalue weighted by Crippen LogP contribution is -2.45. The Morgan fingerprint density at radius 3 is 2.70 bits per heavy atom. The van der Waals surface area contributed by atoms with E-state index in [1.54, 1.807) is 7.11 Å². The number of piperazine rings is 1. The summed E-state index contributed by atoms with van der Waals surface area (Å²) in [5.41, 5.74) is 1.19. The second-order valence-electron chi connectivity index (χ2n) is 5.38. The Morgan fingerprint density at radius 2 is 2.10 bits per heavy atom. The number of aromatic hydroxyl groups is 1. The van der Waals surface area contributed by atoms with Crippen LogP contribution in [0, 0.1) is 0 Å². The number of methoxy groups -OCH3 is 1. The maximum Gasteiger partial charge on any atom is 0.160 e. The van der Waals surface area contributed by atoms with E-state index >= 15 is 0 Å². The molecule has 0 spiro atoms. The number of benzene rings is 1. The number of unbranched alkanes of at least 4 members (excludes halogenated alkanes) is 1. The van der Waals surface area contributed by atoms with Gasteiger partial charge in [0.05, 0.1) is 7.11 Å². The molecule has 2 N–H and O–H groups in total. The molecule has 1 fully saturated rings. The average Bonchev–Trinajstić information content (AvgIpc) is 2.49. The van der Waals surface area contributed by atoms with Crippen molar-refractivity contribution in [3.05, 3.63) is 23.8 Å². The maximum absolute atomic E-state index is 10.0. The van der Waals surface area contributed by atoms with E-state index in [-0.39, 0.29) is 5.75 Å². The first-order chi connectivity index (χ1) is 9.76. The van der Waals surface area contributed by atoms with Gasteiger partial charge in [-0.25, -0.2) is 0 Å². The van der Waals surface area contributed by atoms with E-state index in [4.69, 9.17) is 4.74 Å². The van der Waals surface area contributed by atoms with Gasteiger partial charge in [0, 0.05) is 32.2 Å². The molecule has 0 bridgehead atoms. The van der Waals surface area contributed by atoms with Crippen molar-refractivity contribution in [1.29, 1.82) is 0 Å². The van der Waals surface area contributed by atoms with Gasteiger partial charge in [-0.1, -0.05) is 25.8 Å². The predicted octanol–water partition coefficient (Wildman–Crippen LogP) is 2.54. The normalized spacial score (nSPS) is 17.9. The van der Waals surface area contributed by atoms with Gasteiger partial charge in [0.1, 0.15) is 0 Å². The van der Waals surface area contributed by atoms with Gasteiger partial charge in [0.15, 0.2) is 11.5 Å². The molecule has 112 valence electrons. The van der Waals surface area contributed by atoms with E-state index < -0.39 is 0 Å². The van der Waals surface area contributed by atoms with Crippen molar-refractivity contribution >= 4 is 0 Å². The zero-order valence-electron chi connectivity index (χ0n) is 12.6. The van der Waals surface area contributed by atoms with Crippen molar-refractivity contribution < 1.29 is 9.84 Å². The van der Waals surface area contributed by atoms with Crippen molar-refractivity contribution in [3.63, 3.8) is 0 Å². The summed E-state index contributed by atoms with van der Waals surface area (Å²) in [7, 11) is 1.58. The van der Waals surface area contributed by atoms with E-state index in [9.17, 15) is 5.11 Å². The average molecular weight is 278 g/mol. The number of rotatable bonds is 6. The van der Waals surface area contributed by atoms with Crippen LogP contribution in [0.4, 0.5) is 0 Å². The number of phenols is 1. The first kappa shape index (κ1) is 15.1. The third-order valence-electron chi connectivity index (χ3n) is 4.01. The second kappa shape index (κ2) is 7.50. The highest BCUT2D eigenvalue weighted by Crippen LogP contribution is 2.33. The summed E-state index contributed by atoms with van der Waals surface area (Å²) in [6, 6.07) is 6.21. The first-order valence-corrected chi connectivity index (χ1v) is 7.58. The summed E-state index contributed by atoms with van der Waals surface area (Å²) in [5.74, 6) is 0.782. The molecule has 0 aliphatic carbocycles. The first-order valence-electron chi connectivity index (χ1n) is 7.58. The van der Waals surface area contributed by atoms with E-state index in [0.717, 1.165) is 32.6 Å². The second-order valence-corrected chi connectivity index (χ2v) is 5.38. The smallest absolute Gasteiger partial charge is 0.160 e. The number of nitrogens with zero attached hydrogens (tertiary/aromatic N) is 1. The molecular formula is C16H26N2O2. The topological polar surface area (TPSA) is 44.7 Å². The molecule has 4 nitrogen and oxygen atoms in total. The zero-order chi connectivity index (χ0) is 14.4. The molecular weight excluding hydrogens is 252 g/mol. The Kier molecular flexibility index (Phi) is 5.68. The molecule has 4 heteroatoms. The molecule has 1 saturated heterocycles. The summed E-state index contributed by atoms with van der Waals surface area (Å²) in [4.78, 5) is 2.52. The molecule has 1 aromatic carbocycles. The standard InChI is InChI=1S/C16H26N2O2/c1-3-4-5-14(18-10-8-17-9-11-18)13-6-7-16(20-2)15(19)12-13/h6-7,12,14,17,19H,3-5,8-11H2,1-2H3/t14-/m1/s1. The van der Waals surface area contributed by atoms with Crippen molar-refractivity contribution in [2.75, 3.05) is 33.3 Å². The van der Waals surface area contributed by atoms with Crippen LogP contribution in [0.25, 0.3) is 0 Å². The van der Waals surface area contributed by atoms with Crippen molar-refractivity contribution in [1.82, 2.24) is 10.2 Å². The van der Waals surface area contributed by atoms with Gasteiger partial charge in [-0.2, -0.15) is 0 Å². The minimum atomic E-state index is 0.238. The maximum atomic E-state index is 10.0. The Balaban J connectivity index is 2.18. The van der Waals surface area contributed by atoms with Crippen LogP contribution in [-0.2, 0) is 0 Å². The Hall–Kier alpha value is -1.26. The number of nitrogens with one attached hydrogen (secondary N) is 1. The van der Waals surface area contributed by atoms with Crippen LogP contribution < -0.4 is 10.1 Å². The summed E-state index contributed by atoms with van der Waals surface area (Å²) in [5, 5.41) is 13.4. The molecule has 1 atom stereocenters. The third kappa shape index (κ3) is 3.64. The van der Waals surface area contributed by atoms with Crippen molar-refractivity contribution in [2.45, 2.75) is 32.2 Å². The highest BCUT2D eigenvalue weighted by atomic mass is 16.5. The van der Waals surface area contributed by atoms with Gasteiger partial charge >= 0.3 is 0 Å². The monoisotopic (exact) mass is 278 g/mol. The molecule has 0 aromatic heterocycles. The number of ether oxygens (including phenoxy) is 1. The lowest BCUT2D eigenvalue weighted by atomic mass is 9.98. The minimum Gasteiger partial charge on any atom is -0.504 e. The van der Waals surface area contributed by atoms with Gasteiger partial charge in [0.2, 0.25) is 0 Å². The molecule has 0 unspecified atom stereocenters. The number of hydrogen-bond acceptors (Lipinski definition) is 4. The Labute approximate surface area is 121 Å². The molecule has 1 aromatic rings. The fraction of sp³-hybridized carbons (Fsp3) is 0.625. The highest BCUT2D eigenvalue weighted by molar-refractivity contribution is 5.42. The van der Waals surface area contributed by atoms with E-state index in [1.165, 1.54) is 18.4 Å². The van der Waals surface area contributed by atoms with Crippen molar-refractivity contribution in [3.8, 4) is 11.5 Å². The van der Waals surface area contributed by atoms with Gasteiger partial charge in [-0.3, -0.25) is 4.90 Å². The fourth-order valence-electron chi connectivity index (χ4n) is 2.87. The van der Waals surface area contributed by atoms with Crippen LogP contribution in [0.15, 0.2) is 18.2 Å². The van der Waals surface area contributed by atoms with Gasteiger partial charge < -0.3 is 15.2 Å². The van der Waals surface area contributed by atoms with Crippen LogP contribution in [0.5, 0.6) is 11.5 Å². The summed E-state index contributed by atoms with van der Waals surface area (Å²) >= 11 is 0.